The second kappa shape index (κ2) is 12.3. The Morgan fingerprint density at radius 3 is 2.30 bits per heavy atom. The summed E-state index contributed by atoms with van der Waals surface area (Å²) in [6.07, 6.45) is 4.23. The van der Waals surface area contributed by atoms with Crippen LogP contribution in [0, 0.1) is 0 Å². The zero-order valence-electron chi connectivity index (χ0n) is 25.9. The van der Waals surface area contributed by atoms with Gasteiger partial charge in [0.15, 0.2) is 17.3 Å². The zero-order valence-corrected chi connectivity index (χ0v) is 25.9. The number of piperazine rings is 1. The van der Waals surface area contributed by atoms with Crippen molar-refractivity contribution in [3.05, 3.63) is 59.8 Å². The van der Waals surface area contributed by atoms with Crippen molar-refractivity contribution < 1.29 is 9.53 Å². The number of anilines is 4. The van der Waals surface area contributed by atoms with Gasteiger partial charge >= 0.3 is 0 Å². The summed E-state index contributed by atoms with van der Waals surface area (Å²) in [4.78, 5) is 32.7. The van der Waals surface area contributed by atoms with E-state index >= 15 is 0 Å². The first-order valence-electron chi connectivity index (χ1n) is 16.2. The summed E-state index contributed by atoms with van der Waals surface area (Å²) < 4.78 is 5.68. The smallest absolute Gasteiger partial charge is 0.271 e. The second-order valence-corrected chi connectivity index (χ2v) is 12.7. The lowest BCUT2D eigenvalue weighted by Crippen LogP contribution is -2.52. The Labute approximate surface area is 260 Å². The van der Waals surface area contributed by atoms with Crippen LogP contribution in [0.2, 0.25) is 0 Å². The molecule has 1 amide bonds. The monoisotopic (exact) mass is 596 g/mol. The van der Waals surface area contributed by atoms with Gasteiger partial charge in [-0.15, -0.1) is 0 Å². The Balaban J connectivity index is 1.12. The highest BCUT2D eigenvalue weighted by Crippen LogP contribution is 2.45. The summed E-state index contributed by atoms with van der Waals surface area (Å²) in [5.74, 6) is 0.576. The molecule has 3 aromatic rings. The van der Waals surface area contributed by atoms with Crippen molar-refractivity contribution in [2.45, 2.75) is 50.7 Å². The third-order valence-electron chi connectivity index (χ3n) is 10.0. The average Bonchev–Trinajstić information content (AvgIpc) is 3.06. The number of rotatable bonds is 6. The average molecular weight is 597 g/mol. The summed E-state index contributed by atoms with van der Waals surface area (Å²) >= 11 is 0. The lowest BCUT2D eigenvalue weighted by molar-refractivity contribution is 0.0826. The fourth-order valence-corrected chi connectivity index (χ4v) is 7.48. The van der Waals surface area contributed by atoms with Crippen LogP contribution in [0.15, 0.2) is 48.5 Å². The van der Waals surface area contributed by atoms with E-state index in [9.17, 15) is 4.79 Å². The SMILES string of the molecule is C[C@H]1c2ccccc2-c2nc(C(N)=O)c(Nc3ccc(N4CCC(N5CCN(C)CC5)CC4)cc3)nc2N1C1CCOCC1. The summed E-state index contributed by atoms with van der Waals surface area (Å²) in [6.45, 7) is 10.5. The van der Waals surface area contributed by atoms with E-state index in [1.807, 2.05) is 6.07 Å². The Morgan fingerprint density at radius 1 is 0.886 bits per heavy atom. The number of aromatic nitrogens is 2. The summed E-state index contributed by atoms with van der Waals surface area (Å²) in [7, 11) is 2.22. The number of carbonyl (C=O) groups excluding carboxylic acids is 1. The van der Waals surface area contributed by atoms with E-state index in [0.717, 1.165) is 56.2 Å². The highest BCUT2D eigenvalue weighted by Gasteiger charge is 2.37. The number of nitrogens with zero attached hydrogens (tertiary/aromatic N) is 6. The zero-order chi connectivity index (χ0) is 30.2. The number of piperidine rings is 1. The number of ether oxygens (including phenoxy) is 1. The van der Waals surface area contributed by atoms with Gasteiger partial charge in [-0.05, 0) is 69.5 Å². The Hall–Kier alpha value is -3.73. The molecule has 44 heavy (non-hydrogen) atoms. The summed E-state index contributed by atoms with van der Waals surface area (Å²) in [5.41, 5.74) is 11.0. The number of amides is 1. The molecule has 0 saturated carbocycles. The maximum absolute atomic E-state index is 12.7. The molecular formula is C34H44N8O2. The molecule has 4 aliphatic rings. The van der Waals surface area contributed by atoms with E-state index in [1.165, 1.54) is 50.3 Å². The Bertz CT molecular complexity index is 1480. The lowest BCUT2D eigenvalue weighted by Gasteiger charge is -2.43. The van der Waals surface area contributed by atoms with Gasteiger partial charge in [0.25, 0.3) is 5.91 Å². The maximum atomic E-state index is 12.7. The minimum atomic E-state index is -0.601. The van der Waals surface area contributed by atoms with E-state index in [1.54, 1.807) is 0 Å². The van der Waals surface area contributed by atoms with Gasteiger partial charge in [0, 0.05) is 81.5 Å². The molecule has 3 N–H and O–H groups in total. The van der Waals surface area contributed by atoms with Crippen LogP contribution in [-0.4, -0.2) is 97.3 Å². The van der Waals surface area contributed by atoms with Crippen molar-refractivity contribution in [1.29, 1.82) is 0 Å². The van der Waals surface area contributed by atoms with Crippen molar-refractivity contribution in [3.8, 4) is 11.3 Å². The van der Waals surface area contributed by atoms with Crippen LogP contribution in [0.1, 0.15) is 54.7 Å². The molecule has 0 bridgehead atoms. The molecule has 4 aliphatic heterocycles. The van der Waals surface area contributed by atoms with Crippen molar-refractivity contribution in [2.24, 2.45) is 5.73 Å². The first kappa shape index (κ1) is 29.0. The quantitative estimate of drug-likeness (QED) is 0.432. The first-order chi connectivity index (χ1) is 21.5. The highest BCUT2D eigenvalue weighted by molar-refractivity contribution is 5.98. The standard InChI is InChI=1S/C34H44N8O2/c1-23-28-5-3-4-6-29(28)30-34(42(23)27-13-21-44-22-14-27)38-33(31(37-30)32(35)43)36-24-7-9-25(10-8-24)40-15-11-26(12-16-40)41-19-17-39(2)18-20-41/h3-10,23,26-27H,11-22H2,1-2H3,(H2,35,43)(H,36,38)/t23-/m0/s1. The maximum Gasteiger partial charge on any atom is 0.271 e. The normalized spacial score (nSPS) is 22.0. The van der Waals surface area contributed by atoms with Crippen molar-refractivity contribution in [2.75, 3.05) is 74.6 Å². The minimum Gasteiger partial charge on any atom is -0.381 e. The van der Waals surface area contributed by atoms with Gasteiger partial charge in [0.1, 0.15) is 5.69 Å². The molecule has 3 saturated heterocycles. The number of nitrogens with two attached hydrogens (primary N) is 1. The molecule has 10 nitrogen and oxygen atoms in total. The van der Waals surface area contributed by atoms with Crippen molar-refractivity contribution in [1.82, 2.24) is 19.8 Å². The summed E-state index contributed by atoms with van der Waals surface area (Å²) in [6, 6.07) is 17.8. The second-order valence-electron chi connectivity index (χ2n) is 12.7. The van der Waals surface area contributed by atoms with E-state index in [0.29, 0.717) is 17.6 Å². The third kappa shape index (κ3) is 5.62. The number of fused-ring (bicyclic) bond motifs is 3. The predicted molar refractivity (Wildman–Crippen MR) is 175 cm³/mol. The molecule has 1 atom stereocenters. The van der Waals surface area contributed by atoms with Gasteiger partial charge in [0.05, 0.1) is 6.04 Å². The molecular weight excluding hydrogens is 552 g/mol. The molecule has 7 rings (SSSR count). The van der Waals surface area contributed by atoms with Crippen LogP contribution < -0.4 is 20.9 Å². The van der Waals surface area contributed by atoms with Gasteiger partial charge in [-0.25, -0.2) is 9.97 Å². The van der Waals surface area contributed by atoms with E-state index in [2.05, 4.69) is 81.4 Å². The molecule has 2 aromatic carbocycles. The molecule has 1 aromatic heterocycles. The number of hydrogen-bond acceptors (Lipinski definition) is 9. The van der Waals surface area contributed by atoms with Crippen LogP contribution >= 0.6 is 0 Å². The fourth-order valence-electron chi connectivity index (χ4n) is 7.48. The molecule has 0 aliphatic carbocycles. The van der Waals surface area contributed by atoms with Gasteiger partial charge < -0.3 is 30.5 Å². The molecule has 5 heterocycles. The number of hydrogen-bond donors (Lipinski definition) is 2. The Kier molecular flexibility index (Phi) is 8.14. The molecule has 0 unspecified atom stereocenters. The van der Waals surface area contributed by atoms with Crippen molar-refractivity contribution >= 4 is 28.9 Å². The molecule has 0 radical (unpaired) electrons. The van der Waals surface area contributed by atoms with Crippen LogP contribution in [0.25, 0.3) is 11.3 Å². The highest BCUT2D eigenvalue weighted by atomic mass is 16.5. The van der Waals surface area contributed by atoms with Gasteiger partial charge in [0.2, 0.25) is 0 Å². The number of benzene rings is 2. The first-order valence-corrected chi connectivity index (χ1v) is 16.2. The third-order valence-corrected chi connectivity index (χ3v) is 10.0. The van der Waals surface area contributed by atoms with E-state index in [-0.39, 0.29) is 17.8 Å². The number of primary amides is 1. The van der Waals surface area contributed by atoms with Crippen LogP contribution in [0.3, 0.4) is 0 Å². The van der Waals surface area contributed by atoms with Gasteiger partial charge in [-0.1, -0.05) is 24.3 Å². The predicted octanol–water partition coefficient (Wildman–Crippen LogP) is 4.26. The van der Waals surface area contributed by atoms with Crippen LogP contribution in [0.4, 0.5) is 23.0 Å². The van der Waals surface area contributed by atoms with Crippen molar-refractivity contribution in [3.63, 3.8) is 0 Å². The molecule has 3 fully saturated rings. The van der Waals surface area contributed by atoms with Crippen LogP contribution in [0.5, 0.6) is 0 Å². The van der Waals surface area contributed by atoms with Gasteiger partial charge in [-0.3, -0.25) is 9.69 Å². The molecule has 232 valence electrons. The van der Waals surface area contributed by atoms with E-state index < -0.39 is 5.91 Å². The van der Waals surface area contributed by atoms with Gasteiger partial charge in [-0.2, -0.15) is 0 Å². The largest absolute Gasteiger partial charge is 0.381 e. The molecule has 10 heteroatoms. The van der Waals surface area contributed by atoms with E-state index in [4.69, 9.17) is 20.4 Å². The topological polar surface area (TPSA) is 103 Å². The summed E-state index contributed by atoms with van der Waals surface area (Å²) in [5, 5.41) is 3.40. The number of carbonyl (C=O) groups is 1. The molecule has 0 spiro atoms. The minimum absolute atomic E-state index is 0.114. The number of likely N-dealkylation sites (N-methyl/N-ethyl adjacent to an activating group) is 1. The van der Waals surface area contributed by atoms with Crippen LogP contribution in [-0.2, 0) is 4.74 Å². The fraction of sp³-hybridized carbons (Fsp3) is 0.500. The lowest BCUT2D eigenvalue weighted by atomic mass is 9.90. The number of nitrogens with one attached hydrogen (secondary N) is 1. The Morgan fingerprint density at radius 2 is 1.59 bits per heavy atom.